The van der Waals surface area contributed by atoms with Crippen LogP contribution in [0.1, 0.15) is 31.9 Å². The van der Waals surface area contributed by atoms with E-state index in [-0.39, 0.29) is 0 Å². The Morgan fingerprint density at radius 1 is 1.44 bits per heavy atom. The number of aromatic nitrogens is 2. The van der Waals surface area contributed by atoms with Crippen molar-refractivity contribution in [2.45, 2.75) is 32.9 Å². The highest BCUT2D eigenvalue weighted by atomic mass is 15.3. The van der Waals surface area contributed by atoms with Gasteiger partial charge in [0.05, 0.1) is 6.20 Å². The van der Waals surface area contributed by atoms with Gasteiger partial charge >= 0.3 is 0 Å². The summed E-state index contributed by atoms with van der Waals surface area (Å²) in [6.45, 7) is 7.29. The molecule has 16 heavy (non-hydrogen) atoms. The van der Waals surface area contributed by atoms with E-state index in [0.717, 1.165) is 26.1 Å². The fraction of sp³-hybridized carbons (Fsp3) is 0.750. The fourth-order valence-electron chi connectivity index (χ4n) is 1.70. The lowest BCUT2D eigenvalue weighted by Crippen LogP contribution is -2.31. The van der Waals surface area contributed by atoms with E-state index in [1.54, 1.807) is 0 Å². The molecule has 0 aliphatic rings. The van der Waals surface area contributed by atoms with E-state index in [2.05, 4.69) is 49.5 Å². The van der Waals surface area contributed by atoms with Gasteiger partial charge in [-0.15, -0.1) is 0 Å². The van der Waals surface area contributed by atoms with Crippen LogP contribution in [0.2, 0.25) is 0 Å². The van der Waals surface area contributed by atoms with Gasteiger partial charge in [-0.05, 0) is 34.0 Å². The maximum Gasteiger partial charge on any atom is 0.0538 e. The second-order valence-corrected chi connectivity index (χ2v) is 4.40. The lowest BCUT2D eigenvalue weighted by molar-refractivity contribution is 0.342. The van der Waals surface area contributed by atoms with Gasteiger partial charge in [-0.1, -0.05) is 6.92 Å². The molecule has 0 spiro atoms. The smallest absolute Gasteiger partial charge is 0.0538 e. The van der Waals surface area contributed by atoms with Crippen LogP contribution in [-0.4, -0.2) is 41.9 Å². The first-order valence-corrected chi connectivity index (χ1v) is 6.07. The Balaban J connectivity index is 2.66. The number of likely N-dealkylation sites (N-methyl/N-ethyl adjacent to an activating group) is 1. The predicted octanol–water partition coefficient (Wildman–Crippen LogP) is 1.51. The lowest BCUT2D eigenvalue weighted by atomic mass is 10.1. The van der Waals surface area contributed by atoms with Crippen molar-refractivity contribution in [1.82, 2.24) is 20.0 Å². The number of hydrogen-bond acceptors (Lipinski definition) is 3. The standard InChI is InChI=1S/C12H24N4/c1-5-7-13-12(10-15(3)4)11-8-14-16(6-2)9-11/h8-9,12-13H,5-7,10H2,1-4H3. The van der Waals surface area contributed by atoms with Crippen LogP contribution in [0, 0.1) is 0 Å². The molecule has 0 amide bonds. The van der Waals surface area contributed by atoms with E-state index in [1.165, 1.54) is 5.56 Å². The quantitative estimate of drug-likeness (QED) is 0.762. The highest BCUT2D eigenvalue weighted by Crippen LogP contribution is 2.12. The number of nitrogens with zero attached hydrogens (tertiary/aromatic N) is 3. The van der Waals surface area contributed by atoms with Crippen molar-refractivity contribution < 1.29 is 0 Å². The highest BCUT2D eigenvalue weighted by Gasteiger charge is 2.13. The fourth-order valence-corrected chi connectivity index (χ4v) is 1.70. The molecule has 0 aliphatic carbocycles. The van der Waals surface area contributed by atoms with Crippen molar-refractivity contribution in [3.8, 4) is 0 Å². The Kier molecular flexibility index (Phi) is 5.49. The molecule has 0 fully saturated rings. The number of rotatable bonds is 7. The summed E-state index contributed by atoms with van der Waals surface area (Å²) in [6, 6.07) is 0.384. The van der Waals surface area contributed by atoms with Gasteiger partial charge in [-0.2, -0.15) is 5.10 Å². The number of aryl methyl sites for hydroxylation is 1. The molecule has 1 rings (SSSR count). The van der Waals surface area contributed by atoms with Crippen LogP contribution in [0.5, 0.6) is 0 Å². The molecule has 4 nitrogen and oxygen atoms in total. The Bertz CT molecular complexity index is 293. The third-order valence-corrected chi connectivity index (χ3v) is 2.57. The van der Waals surface area contributed by atoms with Crippen LogP contribution in [0.4, 0.5) is 0 Å². The Hall–Kier alpha value is -0.870. The molecule has 0 radical (unpaired) electrons. The summed E-state index contributed by atoms with van der Waals surface area (Å²) in [5.74, 6) is 0. The minimum absolute atomic E-state index is 0.384. The molecule has 1 aromatic rings. The van der Waals surface area contributed by atoms with Crippen molar-refractivity contribution in [3.05, 3.63) is 18.0 Å². The molecule has 1 heterocycles. The van der Waals surface area contributed by atoms with Gasteiger partial charge in [-0.3, -0.25) is 4.68 Å². The lowest BCUT2D eigenvalue weighted by Gasteiger charge is -2.21. The van der Waals surface area contributed by atoms with Crippen LogP contribution in [0.25, 0.3) is 0 Å². The van der Waals surface area contributed by atoms with E-state index in [4.69, 9.17) is 0 Å². The topological polar surface area (TPSA) is 33.1 Å². The summed E-state index contributed by atoms with van der Waals surface area (Å²) < 4.78 is 1.98. The van der Waals surface area contributed by atoms with E-state index < -0.39 is 0 Å². The maximum absolute atomic E-state index is 4.33. The molecule has 0 saturated heterocycles. The molecule has 0 aliphatic heterocycles. The normalized spacial score (nSPS) is 13.3. The molecular weight excluding hydrogens is 200 g/mol. The van der Waals surface area contributed by atoms with Crippen LogP contribution in [0.3, 0.4) is 0 Å². The maximum atomic E-state index is 4.33. The van der Waals surface area contributed by atoms with Gasteiger partial charge < -0.3 is 10.2 Å². The molecule has 1 N–H and O–H groups in total. The second-order valence-electron chi connectivity index (χ2n) is 4.40. The van der Waals surface area contributed by atoms with Gasteiger partial charge in [-0.25, -0.2) is 0 Å². The van der Waals surface area contributed by atoms with Crippen molar-refractivity contribution in [3.63, 3.8) is 0 Å². The van der Waals surface area contributed by atoms with Crippen LogP contribution < -0.4 is 5.32 Å². The zero-order valence-corrected chi connectivity index (χ0v) is 10.9. The molecule has 1 atom stereocenters. The van der Waals surface area contributed by atoms with Gasteiger partial charge in [0.15, 0.2) is 0 Å². The Morgan fingerprint density at radius 3 is 2.69 bits per heavy atom. The molecule has 1 aromatic heterocycles. The predicted molar refractivity (Wildman–Crippen MR) is 67.5 cm³/mol. The van der Waals surface area contributed by atoms with Gasteiger partial charge in [0, 0.05) is 30.9 Å². The first-order chi connectivity index (χ1) is 7.67. The van der Waals surface area contributed by atoms with E-state index >= 15 is 0 Å². The van der Waals surface area contributed by atoms with Crippen molar-refractivity contribution >= 4 is 0 Å². The highest BCUT2D eigenvalue weighted by molar-refractivity contribution is 5.11. The molecule has 4 heteroatoms. The third-order valence-electron chi connectivity index (χ3n) is 2.57. The zero-order chi connectivity index (χ0) is 12.0. The number of nitrogens with one attached hydrogen (secondary N) is 1. The number of hydrogen-bond donors (Lipinski definition) is 1. The van der Waals surface area contributed by atoms with Gasteiger partial charge in [0.25, 0.3) is 0 Å². The molecule has 0 saturated carbocycles. The first kappa shape index (κ1) is 13.2. The summed E-state index contributed by atoms with van der Waals surface area (Å²) in [5, 5.41) is 7.89. The summed E-state index contributed by atoms with van der Waals surface area (Å²) in [5.41, 5.74) is 1.28. The van der Waals surface area contributed by atoms with Crippen LogP contribution >= 0.6 is 0 Å². The van der Waals surface area contributed by atoms with Crippen LogP contribution in [0.15, 0.2) is 12.4 Å². The molecule has 92 valence electrons. The van der Waals surface area contributed by atoms with Crippen molar-refractivity contribution in [2.24, 2.45) is 0 Å². The first-order valence-electron chi connectivity index (χ1n) is 6.07. The largest absolute Gasteiger partial charge is 0.309 e. The summed E-state index contributed by atoms with van der Waals surface area (Å²) in [6.07, 6.45) is 5.27. The minimum Gasteiger partial charge on any atom is -0.309 e. The molecular formula is C12H24N4. The minimum atomic E-state index is 0.384. The average Bonchev–Trinajstić information content (AvgIpc) is 2.72. The molecule has 0 aromatic carbocycles. The zero-order valence-electron chi connectivity index (χ0n) is 10.9. The average molecular weight is 224 g/mol. The third kappa shape index (κ3) is 3.94. The Morgan fingerprint density at radius 2 is 2.19 bits per heavy atom. The van der Waals surface area contributed by atoms with Crippen LogP contribution in [-0.2, 0) is 6.54 Å². The van der Waals surface area contributed by atoms with Crippen molar-refractivity contribution in [2.75, 3.05) is 27.2 Å². The monoisotopic (exact) mass is 224 g/mol. The van der Waals surface area contributed by atoms with Gasteiger partial charge in [0.1, 0.15) is 0 Å². The summed E-state index contributed by atoms with van der Waals surface area (Å²) in [4.78, 5) is 2.20. The van der Waals surface area contributed by atoms with E-state index in [9.17, 15) is 0 Å². The van der Waals surface area contributed by atoms with Crippen molar-refractivity contribution in [1.29, 1.82) is 0 Å². The molecule has 0 bridgehead atoms. The van der Waals surface area contributed by atoms with Gasteiger partial charge in [0.2, 0.25) is 0 Å². The summed E-state index contributed by atoms with van der Waals surface area (Å²) >= 11 is 0. The molecule has 1 unspecified atom stereocenters. The van der Waals surface area contributed by atoms with E-state index in [1.807, 2.05) is 10.9 Å². The SMILES string of the molecule is CCCNC(CN(C)C)c1cnn(CC)c1. The van der Waals surface area contributed by atoms with E-state index in [0.29, 0.717) is 6.04 Å². The Labute approximate surface area is 98.6 Å². The summed E-state index contributed by atoms with van der Waals surface area (Å²) in [7, 11) is 4.20. The second kappa shape index (κ2) is 6.66.